The molecule has 1 amide bonds. The summed E-state index contributed by atoms with van der Waals surface area (Å²) in [5.74, 6) is -0.0789. The number of rotatable bonds is 4. The second kappa shape index (κ2) is 8.01. The van der Waals surface area contributed by atoms with Crippen molar-refractivity contribution < 1.29 is 4.79 Å². The zero-order valence-electron chi connectivity index (χ0n) is 18.6. The number of benzene rings is 3. The number of para-hydroxylation sites is 1. The van der Waals surface area contributed by atoms with E-state index in [2.05, 4.69) is 76.0 Å². The number of amides is 1. The van der Waals surface area contributed by atoms with Crippen LogP contribution < -0.4 is 5.32 Å². The molecule has 1 aromatic heterocycles. The lowest BCUT2D eigenvalue weighted by Crippen LogP contribution is -2.26. The van der Waals surface area contributed by atoms with Crippen LogP contribution in [0, 0.1) is 0 Å². The Balaban J connectivity index is 1.23. The Hall–Kier alpha value is -3.70. The lowest BCUT2D eigenvalue weighted by atomic mass is 9.93. The van der Waals surface area contributed by atoms with Crippen molar-refractivity contribution in [2.24, 2.45) is 0 Å². The Bertz CT molecular complexity index is 1400. The minimum absolute atomic E-state index is 0.0702. The first-order valence-electron chi connectivity index (χ1n) is 11.5. The Morgan fingerprint density at radius 3 is 2.91 bits per heavy atom. The summed E-state index contributed by atoms with van der Waals surface area (Å²) in [5.41, 5.74) is 9.12. The van der Waals surface area contributed by atoms with E-state index >= 15 is 0 Å². The van der Waals surface area contributed by atoms with Gasteiger partial charge in [0.25, 0.3) is 0 Å². The summed E-state index contributed by atoms with van der Waals surface area (Å²) in [5, 5.41) is 11.8. The molecule has 2 aliphatic rings. The van der Waals surface area contributed by atoms with Crippen LogP contribution >= 0.6 is 0 Å². The van der Waals surface area contributed by atoms with Gasteiger partial charge < -0.3 is 10.2 Å². The van der Waals surface area contributed by atoms with E-state index in [0.29, 0.717) is 6.42 Å². The SMILES string of the molecule is CN1CCc2ccc(/C=C/c3n[nH]c4cc(CC5C(=O)Nc6ccccc65)ccc34)cc2C1. The number of likely N-dealkylation sites (N-methyl/N-ethyl adjacent to an activating group) is 1. The number of carbonyl (C=O) groups excluding carboxylic acids is 1. The summed E-state index contributed by atoms with van der Waals surface area (Å²) in [6.07, 6.45) is 6.01. The predicted molar refractivity (Wildman–Crippen MR) is 133 cm³/mol. The number of hydrogen-bond acceptors (Lipinski definition) is 3. The molecular weight excluding hydrogens is 408 g/mol. The van der Waals surface area contributed by atoms with E-state index < -0.39 is 0 Å². The fourth-order valence-electron chi connectivity index (χ4n) is 5.05. The molecule has 0 saturated carbocycles. The van der Waals surface area contributed by atoms with Gasteiger partial charge in [-0.1, -0.05) is 54.6 Å². The molecule has 2 N–H and O–H groups in total. The lowest BCUT2D eigenvalue weighted by molar-refractivity contribution is -0.117. The third-order valence-electron chi connectivity index (χ3n) is 6.87. The third-order valence-corrected chi connectivity index (χ3v) is 6.87. The van der Waals surface area contributed by atoms with E-state index in [4.69, 9.17) is 0 Å². The quantitative estimate of drug-likeness (QED) is 0.475. The standard InChI is InChI=1S/C28H26N4O/c1-32-13-12-20-9-6-18(14-21(20)17-32)8-11-26-23-10-7-19(16-27(23)31-30-26)15-24-22-4-2-3-5-25(22)29-28(24)33/h2-11,14,16,24H,12-13,15,17H2,1H3,(H,29,33)(H,30,31)/b11-8+. The Kier molecular flexibility index (Phi) is 4.84. The van der Waals surface area contributed by atoms with Crippen molar-refractivity contribution in [3.63, 3.8) is 0 Å². The molecule has 5 heteroatoms. The van der Waals surface area contributed by atoms with E-state index in [1.807, 2.05) is 24.3 Å². The number of H-pyrrole nitrogens is 1. The van der Waals surface area contributed by atoms with Crippen LogP contribution in [-0.2, 0) is 24.2 Å². The topological polar surface area (TPSA) is 61.0 Å². The highest BCUT2D eigenvalue weighted by Gasteiger charge is 2.30. The molecule has 3 aromatic carbocycles. The van der Waals surface area contributed by atoms with Gasteiger partial charge in [-0.15, -0.1) is 0 Å². The largest absolute Gasteiger partial charge is 0.325 e. The van der Waals surface area contributed by atoms with Crippen LogP contribution in [0.3, 0.4) is 0 Å². The van der Waals surface area contributed by atoms with Crippen molar-refractivity contribution in [3.8, 4) is 0 Å². The minimum atomic E-state index is -0.149. The van der Waals surface area contributed by atoms with Crippen molar-refractivity contribution in [2.75, 3.05) is 18.9 Å². The van der Waals surface area contributed by atoms with Gasteiger partial charge in [-0.05, 0) is 65.9 Å². The van der Waals surface area contributed by atoms with E-state index in [0.717, 1.165) is 52.9 Å². The van der Waals surface area contributed by atoms with Crippen molar-refractivity contribution in [3.05, 3.63) is 94.2 Å². The molecular formula is C28H26N4O. The van der Waals surface area contributed by atoms with Crippen LogP contribution in [-0.4, -0.2) is 34.6 Å². The average Bonchev–Trinajstić information content (AvgIpc) is 3.37. The van der Waals surface area contributed by atoms with Crippen LogP contribution in [0.15, 0.2) is 60.7 Å². The zero-order valence-corrected chi connectivity index (χ0v) is 18.6. The fourth-order valence-corrected chi connectivity index (χ4v) is 5.05. The Labute approximate surface area is 193 Å². The summed E-state index contributed by atoms with van der Waals surface area (Å²) in [6.45, 7) is 2.13. The number of hydrogen-bond donors (Lipinski definition) is 2. The summed E-state index contributed by atoms with van der Waals surface area (Å²) >= 11 is 0. The van der Waals surface area contributed by atoms with E-state index in [1.165, 1.54) is 16.7 Å². The maximum Gasteiger partial charge on any atom is 0.232 e. The third kappa shape index (κ3) is 3.74. The summed E-state index contributed by atoms with van der Waals surface area (Å²) in [4.78, 5) is 14.9. The molecule has 0 radical (unpaired) electrons. The normalized spacial score (nSPS) is 18.0. The molecule has 0 bridgehead atoms. The van der Waals surface area contributed by atoms with Crippen LogP contribution in [0.25, 0.3) is 23.1 Å². The van der Waals surface area contributed by atoms with Crippen LogP contribution in [0.5, 0.6) is 0 Å². The number of nitrogens with zero attached hydrogens (tertiary/aromatic N) is 2. The van der Waals surface area contributed by atoms with E-state index in [-0.39, 0.29) is 11.8 Å². The molecule has 2 aliphatic heterocycles. The van der Waals surface area contributed by atoms with Crippen LogP contribution in [0.1, 0.15) is 39.4 Å². The Morgan fingerprint density at radius 2 is 1.97 bits per heavy atom. The maximum absolute atomic E-state index is 12.5. The fraction of sp³-hybridized carbons (Fsp3) is 0.214. The van der Waals surface area contributed by atoms with Gasteiger partial charge in [0.15, 0.2) is 0 Å². The van der Waals surface area contributed by atoms with Crippen LogP contribution in [0.4, 0.5) is 5.69 Å². The lowest BCUT2D eigenvalue weighted by Gasteiger charge is -2.25. The molecule has 5 nitrogen and oxygen atoms in total. The number of nitrogens with one attached hydrogen (secondary N) is 2. The smallest absolute Gasteiger partial charge is 0.232 e. The predicted octanol–water partition coefficient (Wildman–Crippen LogP) is 5.00. The second-order valence-electron chi connectivity index (χ2n) is 9.17. The highest BCUT2D eigenvalue weighted by atomic mass is 16.2. The number of fused-ring (bicyclic) bond motifs is 3. The first kappa shape index (κ1) is 19.9. The zero-order chi connectivity index (χ0) is 22.4. The molecule has 6 rings (SSSR count). The van der Waals surface area contributed by atoms with Gasteiger partial charge in [-0.2, -0.15) is 5.10 Å². The summed E-state index contributed by atoms with van der Waals surface area (Å²) in [6, 6.07) is 21.0. The van der Waals surface area contributed by atoms with Crippen molar-refractivity contribution >= 4 is 34.6 Å². The molecule has 0 aliphatic carbocycles. The number of anilines is 1. The highest BCUT2D eigenvalue weighted by Crippen LogP contribution is 2.35. The average molecular weight is 435 g/mol. The van der Waals surface area contributed by atoms with E-state index in [9.17, 15) is 4.79 Å². The van der Waals surface area contributed by atoms with Crippen molar-refractivity contribution in [2.45, 2.75) is 25.3 Å². The van der Waals surface area contributed by atoms with Gasteiger partial charge >= 0.3 is 0 Å². The highest BCUT2D eigenvalue weighted by molar-refractivity contribution is 6.03. The second-order valence-corrected chi connectivity index (χ2v) is 9.17. The van der Waals surface area contributed by atoms with Crippen molar-refractivity contribution in [1.29, 1.82) is 0 Å². The van der Waals surface area contributed by atoms with Gasteiger partial charge in [0.2, 0.25) is 5.91 Å². The maximum atomic E-state index is 12.5. The number of aromatic nitrogens is 2. The van der Waals surface area contributed by atoms with Crippen molar-refractivity contribution in [1.82, 2.24) is 15.1 Å². The molecule has 0 spiro atoms. The first-order chi connectivity index (χ1) is 16.1. The monoisotopic (exact) mass is 434 g/mol. The molecule has 1 atom stereocenters. The van der Waals surface area contributed by atoms with E-state index in [1.54, 1.807) is 0 Å². The van der Waals surface area contributed by atoms with Gasteiger partial charge in [-0.3, -0.25) is 9.89 Å². The Morgan fingerprint density at radius 1 is 1.06 bits per heavy atom. The van der Waals surface area contributed by atoms with Crippen LogP contribution in [0.2, 0.25) is 0 Å². The molecule has 3 heterocycles. The number of carbonyl (C=O) groups is 1. The first-order valence-corrected chi connectivity index (χ1v) is 11.5. The molecule has 0 fully saturated rings. The van der Waals surface area contributed by atoms with Gasteiger partial charge in [-0.25, -0.2) is 0 Å². The summed E-state index contributed by atoms with van der Waals surface area (Å²) in [7, 11) is 2.17. The molecule has 1 unspecified atom stereocenters. The molecule has 33 heavy (non-hydrogen) atoms. The number of aromatic amines is 1. The van der Waals surface area contributed by atoms with Gasteiger partial charge in [0, 0.05) is 24.2 Å². The molecule has 0 saturated heterocycles. The minimum Gasteiger partial charge on any atom is -0.325 e. The van der Waals surface area contributed by atoms with Gasteiger partial charge in [0.1, 0.15) is 0 Å². The molecule has 4 aromatic rings. The molecule has 164 valence electrons. The summed E-state index contributed by atoms with van der Waals surface area (Å²) < 4.78 is 0. The van der Waals surface area contributed by atoms with Gasteiger partial charge in [0.05, 0.1) is 17.1 Å².